The molecule has 1 atom stereocenters. The van der Waals surface area contributed by atoms with Crippen LogP contribution >= 0.6 is 11.6 Å². The van der Waals surface area contributed by atoms with E-state index in [1.54, 1.807) is 25.3 Å². The molecular formula is C19H23ClN2O2. The first-order chi connectivity index (χ1) is 11.5. The van der Waals surface area contributed by atoms with Crippen LogP contribution in [0.1, 0.15) is 25.8 Å². The Labute approximate surface area is 148 Å². The summed E-state index contributed by atoms with van der Waals surface area (Å²) in [6.07, 6.45) is 2.18. The highest BCUT2D eigenvalue weighted by Crippen LogP contribution is 2.27. The number of anilines is 2. The molecule has 0 unspecified atom stereocenters. The molecule has 2 aromatic rings. The van der Waals surface area contributed by atoms with Gasteiger partial charge in [-0.3, -0.25) is 4.79 Å². The number of carbonyl (C=O) groups excluding carboxylic acids is 1. The fourth-order valence-corrected chi connectivity index (χ4v) is 2.56. The Morgan fingerprint density at radius 2 is 1.92 bits per heavy atom. The topological polar surface area (TPSA) is 50.4 Å². The molecule has 0 aliphatic carbocycles. The number of hydrogen-bond acceptors (Lipinski definition) is 3. The van der Waals surface area contributed by atoms with Gasteiger partial charge in [0.25, 0.3) is 0 Å². The number of halogens is 1. The number of ether oxygens (including phenoxy) is 1. The molecule has 24 heavy (non-hydrogen) atoms. The second-order valence-corrected chi connectivity index (χ2v) is 6.08. The van der Waals surface area contributed by atoms with Crippen molar-refractivity contribution in [2.24, 2.45) is 0 Å². The van der Waals surface area contributed by atoms with Crippen LogP contribution in [0.2, 0.25) is 5.02 Å². The number of carbonyl (C=O) groups is 1. The van der Waals surface area contributed by atoms with Gasteiger partial charge in [-0.15, -0.1) is 0 Å². The fraction of sp³-hybridized carbons (Fsp3) is 0.316. The quantitative estimate of drug-likeness (QED) is 0.761. The molecule has 128 valence electrons. The Kier molecular flexibility index (Phi) is 6.50. The Balaban J connectivity index is 2.00. The summed E-state index contributed by atoms with van der Waals surface area (Å²) in [6, 6.07) is 12.9. The molecule has 4 nitrogen and oxygen atoms in total. The lowest BCUT2D eigenvalue weighted by atomic mass is 10.1. The van der Waals surface area contributed by atoms with Crippen molar-refractivity contribution in [3.05, 3.63) is 53.1 Å². The van der Waals surface area contributed by atoms with Gasteiger partial charge in [-0.2, -0.15) is 0 Å². The number of nitrogens with one attached hydrogen (secondary N) is 2. The molecule has 2 aromatic carbocycles. The zero-order valence-electron chi connectivity index (χ0n) is 14.2. The maximum absolute atomic E-state index is 12.4. The predicted molar refractivity (Wildman–Crippen MR) is 100 cm³/mol. The molecule has 0 fully saturated rings. The lowest BCUT2D eigenvalue weighted by molar-refractivity contribution is -0.116. The van der Waals surface area contributed by atoms with Crippen LogP contribution in [0.5, 0.6) is 5.75 Å². The molecular weight excluding hydrogens is 324 g/mol. The average molecular weight is 347 g/mol. The standard InChI is InChI=1S/C19H23ClN2O2/c1-4-5-14-6-9-16(10-7-14)21-13(2)19(23)22-17-12-15(20)8-11-18(17)24-3/h6-13,21H,4-5H2,1-3H3,(H,22,23)/t13-/m1/s1. The number of amides is 1. The molecule has 0 spiro atoms. The summed E-state index contributed by atoms with van der Waals surface area (Å²) in [5.74, 6) is 0.414. The van der Waals surface area contributed by atoms with E-state index in [9.17, 15) is 4.79 Å². The van der Waals surface area contributed by atoms with Crippen molar-refractivity contribution in [3.63, 3.8) is 0 Å². The summed E-state index contributed by atoms with van der Waals surface area (Å²) in [4.78, 5) is 12.4. The van der Waals surface area contributed by atoms with Crippen LogP contribution in [0.15, 0.2) is 42.5 Å². The first-order valence-corrected chi connectivity index (χ1v) is 8.41. The van der Waals surface area contributed by atoms with Gasteiger partial charge >= 0.3 is 0 Å². The summed E-state index contributed by atoms with van der Waals surface area (Å²) in [7, 11) is 1.55. The highest BCUT2D eigenvalue weighted by Gasteiger charge is 2.15. The van der Waals surface area contributed by atoms with Gasteiger partial charge in [0.05, 0.1) is 12.8 Å². The number of methoxy groups -OCH3 is 1. The van der Waals surface area contributed by atoms with E-state index in [1.165, 1.54) is 5.56 Å². The third kappa shape index (κ3) is 4.90. The van der Waals surface area contributed by atoms with E-state index in [4.69, 9.17) is 16.3 Å². The van der Waals surface area contributed by atoms with Gasteiger partial charge in [0, 0.05) is 10.7 Å². The summed E-state index contributed by atoms with van der Waals surface area (Å²) >= 11 is 5.98. The van der Waals surface area contributed by atoms with Crippen LogP contribution in [0.4, 0.5) is 11.4 Å². The van der Waals surface area contributed by atoms with Gasteiger partial charge in [-0.05, 0) is 49.2 Å². The van der Waals surface area contributed by atoms with Crippen molar-refractivity contribution >= 4 is 28.9 Å². The Morgan fingerprint density at radius 1 is 1.21 bits per heavy atom. The van der Waals surface area contributed by atoms with E-state index in [1.807, 2.05) is 19.1 Å². The van der Waals surface area contributed by atoms with Gasteiger partial charge in [-0.1, -0.05) is 37.1 Å². The summed E-state index contributed by atoms with van der Waals surface area (Å²) in [5.41, 5.74) is 2.77. The molecule has 0 saturated carbocycles. The van der Waals surface area contributed by atoms with Crippen LogP contribution in [0.25, 0.3) is 0 Å². The molecule has 2 N–H and O–H groups in total. The minimum absolute atomic E-state index is 0.159. The highest BCUT2D eigenvalue weighted by molar-refractivity contribution is 6.31. The van der Waals surface area contributed by atoms with Crippen molar-refractivity contribution in [2.75, 3.05) is 17.7 Å². The van der Waals surface area contributed by atoms with Crippen LogP contribution in [0, 0.1) is 0 Å². The SMILES string of the molecule is CCCc1ccc(N[C@H](C)C(=O)Nc2cc(Cl)ccc2OC)cc1. The normalized spacial score (nSPS) is 11.7. The molecule has 1 amide bonds. The molecule has 0 heterocycles. The third-order valence-corrected chi connectivity index (χ3v) is 3.92. The number of rotatable bonds is 7. The first kappa shape index (κ1) is 18.1. The zero-order valence-corrected chi connectivity index (χ0v) is 15.0. The van der Waals surface area contributed by atoms with Crippen molar-refractivity contribution in [1.29, 1.82) is 0 Å². The van der Waals surface area contributed by atoms with E-state index in [-0.39, 0.29) is 5.91 Å². The van der Waals surface area contributed by atoms with Crippen molar-refractivity contribution < 1.29 is 9.53 Å². The maximum atomic E-state index is 12.4. The van der Waals surface area contributed by atoms with E-state index in [0.717, 1.165) is 18.5 Å². The van der Waals surface area contributed by atoms with E-state index >= 15 is 0 Å². The number of benzene rings is 2. The average Bonchev–Trinajstić information content (AvgIpc) is 2.57. The summed E-state index contributed by atoms with van der Waals surface area (Å²) in [5, 5.41) is 6.58. The fourth-order valence-electron chi connectivity index (χ4n) is 2.39. The minimum Gasteiger partial charge on any atom is -0.495 e. The van der Waals surface area contributed by atoms with Gasteiger partial charge in [0.1, 0.15) is 11.8 Å². The second-order valence-electron chi connectivity index (χ2n) is 5.65. The monoisotopic (exact) mass is 346 g/mol. The maximum Gasteiger partial charge on any atom is 0.246 e. The molecule has 2 rings (SSSR count). The van der Waals surface area contributed by atoms with Crippen LogP contribution in [0.3, 0.4) is 0 Å². The van der Waals surface area contributed by atoms with Crippen LogP contribution in [-0.2, 0) is 11.2 Å². The smallest absolute Gasteiger partial charge is 0.246 e. The predicted octanol–water partition coefficient (Wildman–Crippen LogP) is 4.74. The number of aryl methyl sites for hydroxylation is 1. The van der Waals surface area contributed by atoms with Crippen molar-refractivity contribution in [2.45, 2.75) is 32.7 Å². The van der Waals surface area contributed by atoms with Gasteiger partial charge in [-0.25, -0.2) is 0 Å². The summed E-state index contributed by atoms with van der Waals surface area (Å²) < 4.78 is 5.24. The molecule has 0 saturated heterocycles. The van der Waals surface area contributed by atoms with Crippen LogP contribution in [-0.4, -0.2) is 19.1 Å². The Bertz CT molecular complexity index is 686. The second kappa shape index (κ2) is 8.60. The molecule has 5 heteroatoms. The third-order valence-electron chi connectivity index (χ3n) is 3.69. The summed E-state index contributed by atoms with van der Waals surface area (Å²) in [6.45, 7) is 3.97. The van der Waals surface area contributed by atoms with Gasteiger partial charge in [0.15, 0.2) is 0 Å². The Morgan fingerprint density at radius 3 is 2.54 bits per heavy atom. The molecule has 0 aliphatic heterocycles. The lowest BCUT2D eigenvalue weighted by Gasteiger charge is -2.17. The van der Waals surface area contributed by atoms with Crippen molar-refractivity contribution in [1.82, 2.24) is 0 Å². The van der Waals surface area contributed by atoms with Crippen LogP contribution < -0.4 is 15.4 Å². The largest absolute Gasteiger partial charge is 0.495 e. The highest BCUT2D eigenvalue weighted by atomic mass is 35.5. The lowest BCUT2D eigenvalue weighted by Crippen LogP contribution is -2.32. The molecule has 0 bridgehead atoms. The molecule has 0 radical (unpaired) electrons. The first-order valence-electron chi connectivity index (χ1n) is 8.03. The van der Waals surface area contributed by atoms with E-state index in [0.29, 0.717) is 16.5 Å². The Hall–Kier alpha value is -2.20. The minimum atomic E-state index is -0.397. The number of hydrogen-bond donors (Lipinski definition) is 2. The zero-order chi connectivity index (χ0) is 17.5. The van der Waals surface area contributed by atoms with Gasteiger partial charge < -0.3 is 15.4 Å². The van der Waals surface area contributed by atoms with E-state index in [2.05, 4.69) is 29.7 Å². The van der Waals surface area contributed by atoms with E-state index < -0.39 is 6.04 Å². The molecule has 0 aliphatic rings. The van der Waals surface area contributed by atoms with Crippen molar-refractivity contribution in [3.8, 4) is 5.75 Å². The molecule has 0 aromatic heterocycles. The van der Waals surface area contributed by atoms with Gasteiger partial charge in [0.2, 0.25) is 5.91 Å².